The number of rotatable bonds is 4. The highest BCUT2D eigenvalue weighted by atomic mass is 35.5. The number of halogens is 1. The molecule has 1 amide bonds. The number of benzene rings is 2. The van der Waals surface area contributed by atoms with Crippen LogP contribution in [0.3, 0.4) is 0 Å². The number of hydrogen-bond donors (Lipinski definition) is 1. The first-order chi connectivity index (χ1) is 11.4. The van der Waals surface area contributed by atoms with E-state index < -0.39 is 10.0 Å². The van der Waals surface area contributed by atoms with Gasteiger partial charge in [0, 0.05) is 22.7 Å². The Bertz CT molecular complexity index is 896. The maximum absolute atomic E-state index is 13.0. The van der Waals surface area contributed by atoms with Crippen LogP contribution in [0.15, 0.2) is 47.4 Å². The minimum atomic E-state index is -3.80. The van der Waals surface area contributed by atoms with Crippen molar-refractivity contribution in [3.05, 3.63) is 47.5 Å². The molecule has 0 fully saturated rings. The molecule has 3 rings (SSSR count). The summed E-state index contributed by atoms with van der Waals surface area (Å²) in [6.07, 6.45) is 0.785. The lowest BCUT2D eigenvalue weighted by Crippen LogP contribution is -2.42. The van der Waals surface area contributed by atoms with Gasteiger partial charge in [0.2, 0.25) is 5.91 Å². The summed E-state index contributed by atoms with van der Waals surface area (Å²) in [6, 6.07) is 11.7. The summed E-state index contributed by atoms with van der Waals surface area (Å²) in [7, 11) is -3.80. The van der Waals surface area contributed by atoms with Crippen molar-refractivity contribution in [2.24, 2.45) is 0 Å². The molecule has 7 heteroatoms. The van der Waals surface area contributed by atoms with E-state index in [1.165, 1.54) is 0 Å². The Morgan fingerprint density at radius 2 is 1.92 bits per heavy atom. The second-order valence-electron chi connectivity index (χ2n) is 5.52. The number of anilines is 1. The standard InChI is InChI=1S/C17H17ClN2O3S/c1-2-9-19-17(21)11-20-15-8-7-12(18)10-14(15)13-5-3-4-6-16(13)24(20,22)23/h3-8,10H,2,9,11H2,1H3,(H,19,21). The zero-order valence-electron chi connectivity index (χ0n) is 13.1. The van der Waals surface area contributed by atoms with Gasteiger partial charge < -0.3 is 5.32 Å². The number of sulfonamides is 1. The molecule has 2 aromatic rings. The smallest absolute Gasteiger partial charge is 0.265 e. The predicted octanol–water partition coefficient (Wildman–Crippen LogP) is 3.04. The van der Waals surface area contributed by atoms with Gasteiger partial charge >= 0.3 is 0 Å². The highest BCUT2D eigenvalue weighted by molar-refractivity contribution is 7.93. The molecule has 0 saturated heterocycles. The maximum Gasteiger partial charge on any atom is 0.265 e. The minimum Gasteiger partial charge on any atom is -0.355 e. The Kier molecular flexibility index (Phi) is 4.51. The summed E-state index contributed by atoms with van der Waals surface area (Å²) in [5.74, 6) is -0.333. The number of fused-ring (bicyclic) bond motifs is 3. The van der Waals surface area contributed by atoms with E-state index in [9.17, 15) is 13.2 Å². The fourth-order valence-electron chi connectivity index (χ4n) is 2.72. The normalized spacial score (nSPS) is 14.7. The Hall–Kier alpha value is -2.05. The lowest BCUT2D eigenvalue weighted by Gasteiger charge is -2.31. The average molecular weight is 365 g/mol. The average Bonchev–Trinajstić information content (AvgIpc) is 2.57. The van der Waals surface area contributed by atoms with Crippen LogP contribution >= 0.6 is 11.6 Å². The first-order valence-electron chi connectivity index (χ1n) is 7.63. The molecule has 1 aliphatic rings. The van der Waals surface area contributed by atoms with E-state index in [2.05, 4.69) is 5.32 Å². The molecule has 5 nitrogen and oxygen atoms in total. The zero-order chi connectivity index (χ0) is 17.3. The van der Waals surface area contributed by atoms with E-state index >= 15 is 0 Å². The van der Waals surface area contributed by atoms with Crippen LogP contribution in [0.4, 0.5) is 5.69 Å². The van der Waals surface area contributed by atoms with Crippen LogP contribution in [0, 0.1) is 0 Å². The molecular weight excluding hydrogens is 348 g/mol. The van der Waals surface area contributed by atoms with Crippen LogP contribution < -0.4 is 9.62 Å². The summed E-state index contributed by atoms with van der Waals surface area (Å²) in [6.45, 7) is 2.19. The quantitative estimate of drug-likeness (QED) is 0.906. The van der Waals surface area contributed by atoms with E-state index in [1.807, 2.05) is 6.92 Å². The molecule has 126 valence electrons. The molecular formula is C17H17ClN2O3S. The molecule has 2 aromatic carbocycles. The van der Waals surface area contributed by atoms with Crippen molar-refractivity contribution in [2.75, 3.05) is 17.4 Å². The molecule has 0 bridgehead atoms. The lowest BCUT2D eigenvalue weighted by molar-refractivity contribution is -0.119. The molecule has 0 unspecified atom stereocenters. The SMILES string of the molecule is CCCNC(=O)CN1c2ccc(Cl)cc2-c2ccccc2S1(=O)=O. The van der Waals surface area contributed by atoms with Gasteiger partial charge in [-0.3, -0.25) is 9.10 Å². The van der Waals surface area contributed by atoms with E-state index in [-0.39, 0.29) is 17.3 Å². The van der Waals surface area contributed by atoms with Gasteiger partial charge in [-0.15, -0.1) is 0 Å². The van der Waals surface area contributed by atoms with Crippen molar-refractivity contribution in [1.29, 1.82) is 0 Å². The first kappa shape index (κ1) is 16.8. The topological polar surface area (TPSA) is 66.5 Å². The van der Waals surface area contributed by atoms with Gasteiger partial charge in [-0.25, -0.2) is 8.42 Å². The van der Waals surface area contributed by atoms with Crippen molar-refractivity contribution in [2.45, 2.75) is 18.2 Å². The molecule has 0 atom stereocenters. The number of hydrogen-bond acceptors (Lipinski definition) is 3. The van der Waals surface area contributed by atoms with E-state index in [0.29, 0.717) is 28.4 Å². The minimum absolute atomic E-state index is 0.183. The summed E-state index contributed by atoms with van der Waals surface area (Å²) in [5.41, 5.74) is 1.76. The largest absolute Gasteiger partial charge is 0.355 e. The van der Waals surface area contributed by atoms with Gasteiger partial charge in [0.05, 0.1) is 10.6 Å². The summed E-state index contributed by atoms with van der Waals surface area (Å²) in [5, 5.41) is 3.22. The lowest BCUT2D eigenvalue weighted by atomic mass is 10.0. The molecule has 24 heavy (non-hydrogen) atoms. The first-order valence-corrected chi connectivity index (χ1v) is 9.45. The Balaban J connectivity index is 2.12. The van der Waals surface area contributed by atoms with Crippen LogP contribution in [-0.2, 0) is 14.8 Å². The van der Waals surface area contributed by atoms with Crippen LogP contribution in [0.25, 0.3) is 11.1 Å². The summed E-state index contributed by atoms with van der Waals surface area (Å²) < 4.78 is 27.1. The molecule has 1 N–H and O–H groups in total. The van der Waals surface area contributed by atoms with E-state index in [0.717, 1.165) is 10.7 Å². The second kappa shape index (κ2) is 6.45. The molecule has 0 saturated carbocycles. The molecule has 1 heterocycles. The number of carbonyl (C=O) groups is 1. The summed E-state index contributed by atoms with van der Waals surface area (Å²) >= 11 is 6.09. The van der Waals surface area contributed by atoms with Crippen LogP contribution in [-0.4, -0.2) is 27.4 Å². The third-order valence-electron chi connectivity index (χ3n) is 3.83. The number of amides is 1. The van der Waals surface area contributed by atoms with Crippen molar-refractivity contribution in [3.8, 4) is 11.1 Å². The van der Waals surface area contributed by atoms with Crippen molar-refractivity contribution < 1.29 is 13.2 Å². The van der Waals surface area contributed by atoms with Crippen molar-refractivity contribution in [3.63, 3.8) is 0 Å². The van der Waals surface area contributed by atoms with Crippen molar-refractivity contribution >= 4 is 33.2 Å². The highest BCUT2D eigenvalue weighted by Crippen LogP contribution is 2.43. The van der Waals surface area contributed by atoms with Gasteiger partial charge in [0.25, 0.3) is 10.0 Å². The van der Waals surface area contributed by atoms with Crippen molar-refractivity contribution in [1.82, 2.24) is 5.32 Å². The van der Waals surface area contributed by atoms with Gasteiger partial charge in [-0.2, -0.15) is 0 Å². The fourth-order valence-corrected chi connectivity index (χ4v) is 4.55. The molecule has 0 aliphatic carbocycles. The van der Waals surface area contributed by atoms with Gasteiger partial charge in [0.15, 0.2) is 0 Å². The number of carbonyl (C=O) groups excluding carboxylic acids is 1. The van der Waals surface area contributed by atoms with Crippen LogP contribution in [0.1, 0.15) is 13.3 Å². The van der Waals surface area contributed by atoms with Gasteiger partial charge in [-0.05, 0) is 30.7 Å². The summed E-state index contributed by atoms with van der Waals surface area (Å²) in [4.78, 5) is 12.3. The second-order valence-corrected chi connectivity index (χ2v) is 7.79. The molecule has 0 radical (unpaired) electrons. The van der Waals surface area contributed by atoms with Crippen LogP contribution in [0.2, 0.25) is 5.02 Å². The zero-order valence-corrected chi connectivity index (χ0v) is 14.7. The van der Waals surface area contributed by atoms with E-state index in [1.54, 1.807) is 42.5 Å². The third kappa shape index (κ3) is 2.87. The monoisotopic (exact) mass is 364 g/mol. The highest BCUT2D eigenvalue weighted by Gasteiger charge is 2.35. The third-order valence-corrected chi connectivity index (χ3v) is 5.88. The Labute approximate surface area is 146 Å². The van der Waals surface area contributed by atoms with Gasteiger partial charge in [0.1, 0.15) is 6.54 Å². The maximum atomic E-state index is 13.0. The Morgan fingerprint density at radius 1 is 1.17 bits per heavy atom. The Morgan fingerprint density at radius 3 is 2.67 bits per heavy atom. The molecule has 0 aromatic heterocycles. The molecule has 1 aliphatic heterocycles. The van der Waals surface area contributed by atoms with Crippen LogP contribution in [0.5, 0.6) is 0 Å². The fraction of sp³-hybridized carbons (Fsp3) is 0.235. The number of nitrogens with one attached hydrogen (secondary N) is 1. The molecule has 0 spiro atoms. The van der Waals surface area contributed by atoms with E-state index in [4.69, 9.17) is 11.6 Å². The number of nitrogens with zero attached hydrogens (tertiary/aromatic N) is 1. The predicted molar refractivity (Wildman–Crippen MR) is 94.7 cm³/mol. The van der Waals surface area contributed by atoms with Gasteiger partial charge in [-0.1, -0.05) is 36.7 Å².